The number of nitrogens with zero attached hydrogens (tertiary/aromatic N) is 1. The first-order valence-corrected chi connectivity index (χ1v) is 7.76. The molecule has 1 rings (SSSR count). The predicted molar refractivity (Wildman–Crippen MR) is 73.6 cm³/mol. The standard InChI is InChI=1S/C12H13ClN2O3S/c13-10-5-1-2-6-11(10)15-12(16)9-19(17,18)8-4-3-7-14/h1-2,5-6H,3-4,8-9H2,(H,15,16). The number of nitriles is 1. The van der Waals surface area contributed by atoms with Crippen molar-refractivity contribution >= 4 is 33.0 Å². The third-order valence-electron chi connectivity index (χ3n) is 2.24. The molecule has 0 heterocycles. The van der Waals surface area contributed by atoms with Gasteiger partial charge in [-0.2, -0.15) is 5.26 Å². The van der Waals surface area contributed by atoms with Crippen molar-refractivity contribution in [3.63, 3.8) is 0 Å². The van der Waals surface area contributed by atoms with Crippen molar-refractivity contribution in [2.45, 2.75) is 12.8 Å². The Morgan fingerprint density at radius 3 is 2.68 bits per heavy atom. The molecule has 0 aliphatic carbocycles. The van der Waals surface area contributed by atoms with E-state index < -0.39 is 21.5 Å². The van der Waals surface area contributed by atoms with Gasteiger partial charge in [-0.25, -0.2) is 8.42 Å². The summed E-state index contributed by atoms with van der Waals surface area (Å²) in [6.45, 7) is 0. The van der Waals surface area contributed by atoms with Gasteiger partial charge in [0.1, 0.15) is 5.75 Å². The Balaban J connectivity index is 2.56. The predicted octanol–water partition coefficient (Wildman–Crippen LogP) is 2.00. The summed E-state index contributed by atoms with van der Waals surface area (Å²) < 4.78 is 23.2. The van der Waals surface area contributed by atoms with Crippen LogP contribution in [0.4, 0.5) is 5.69 Å². The number of para-hydroxylation sites is 1. The fourth-order valence-electron chi connectivity index (χ4n) is 1.39. The lowest BCUT2D eigenvalue weighted by Gasteiger charge is -2.07. The maximum absolute atomic E-state index is 11.6. The minimum absolute atomic E-state index is 0.158. The molecule has 19 heavy (non-hydrogen) atoms. The maximum atomic E-state index is 11.6. The van der Waals surface area contributed by atoms with E-state index in [0.29, 0.717) is 10.7 Å². The van der Waals surface area contributed by atoms with E-state index in [-0.39, 0.29) is 18.6 Å². The molecule has 1 aromatic rings. The molecule has 0 bridgehead atoms. The Labute approximate surface area is 117 Å². The van der Waals surface area contributed by atoms with Crippen LogP contribution in [0.15, 0.2) is 24.3 Å². The largest absolute Gasteiger partial charge is 0.324 e. The van der Waals surface area contributed by atoms with Crippen molar-refractivity contribution in [3.05, 3.63) is 29.3 Å². The number of carbonyl (C=O) groups is 1. The Kier molecular flexibility index (Phi) is 5.80. The van der Waals surface area contributed by atoms with Crippen LogP contribution in [-0.2, 0) is 14.6 Å². The van der Waals surface area contributed by atoms with E-state index >= 15 is 0 Å². The van der Waals surface area contributed by atoms with Crippen molar-refractivity contribution in [1.82, 2.24) is 0 Å². The molecule has 1 amide bonds. The highest BCUT2D eigenvalue weighted by Crippen LogP contribution is 2.20. The van der Waals surface area contributed by atoms with Crippen LogP contribution in [0.5, 0.6) is 0 Å². The number of sulfone groups is 1. The molecule has 1 aromatic carbocycles. The van der Waals surface area contributed by atoms with Gasteiger partial charge in [0.25, 0.3) is 0 Å². The second kappa shape index (κ2) is 7.12. The number of rotatable bonds is 6. The van der Waals surface area contributed by atoms with Crippen LogP contribution in [-0.4, -0.2) is 25.8 Å². The smallest absolute Gasteiger partial charge is 0.239 e. The quantitative estimate of drug-likeness (QED) is 0.814. The molecular weight excluding hydrogens is 288 g/mol. The summed E-state index contributed by atoms with van der Waals surface area (Å²) in [4.78, 5) is 11.6. The molecule has 0 radical (unpaired) electrons. The summed E-state index contributed by atoms with van der Waals surface area (Å²) in [6.07, 6.45) is 0.392. The van der Waals surface area contributed by atoms with Gasteiger partial charge in [-0.3, -0.25) is 4.79 Å². The Hall–Kier alpha value is -1.58. The molecule has 0 aliphatic rings. The van der Waals surface area contributed by atoms with E-state index in [1.165, 1.54) is 0 Å². The van der Waals surface area contributed by atoms with Gasteiger partial charge in [0.15, 0.2) is 9.84 Å². The van der Waals surface area contributed by atoms with Crippen molar-refractivity contribution in [3.8, 4) is 6.07 Å². The lowest BCUT2D eigenvalue weighted by atomic mass is 10.3. The number of unbranched alkanes of at least 4 members (excludes halogenated alkanes) is 1. The first-order valence-electron chi connectivity index (χ1n) is 5.56. The van der Waals surface area contributed by atoms with Crippen molar-refractivity contribution in [2.24, 2.45) is 0 Å². The Bertz CT molecular complexity index is 593. The van der Waals surface area contributed by atoms with Gasteiger partial charge in [0.05, 0.1) is 22.5 Å². The zero-order valence-corrected chi connectivity index (χ0v) is 11.7. The van der Waals surface area contributed by atoms with Crippen LogP contribution >= 0.6 is 11.6 Å². The molecule has 0 spiro atoms. The number of halogens is 1. The van der Waals surface area contributed by atoms with E-state index in [1.54, 1.807) is 24.3 Å². The minimum atomic E-state index is -3.49. The molecule has 0 aromatic heterocycles. The summed E-state index contributed by atoms with van der Waals surface area (Å²) in [6, 6.07) is 8.43. The molecule has 1 N–H and O–H groups in total. The van der Waals surface area contributed by atoms with Crippen molar-refractivity contribution in [1.29, 1.82) is 5.26 Å². The van der Waals surface area contributed by atoms with Crippen LogP contribution in [0.3, 0.4) is 0 Å². The van der Waals surface area contributed by atoms with Crippen LogP contribution in [0.1, 0.15) is 12.8 Å². The molecule has 0 atom stereocenters. The van der Waals surface area contributed by atoms with Crippen LogP contribution in [0, 0.1) is 11.3 Å². The average molecular weight is 301 g/mol. The maximum Gasteiger partial charge on any atom is 0.239 e. The highest BCUT2D eigenvalue weighted by Gasteiger charge is 2.17. The molecule has 0 saturated heterocycles. The number of benzene rings is 1. The first-order chi connectivity index (χ1) is 8.94. The summed E-state index contributed by atoms with van der Waals surface area (Å²) in [5.74, 6) is -1.41. The fourth-order valence-corrected chi connectivity index (χ4v) is 2.78. The van der Waals surface area contributed by atoms with Crippen molar-refractivity contribution < 1.29 is 13.2 Å². The summed E-state index contributed by atoms with van der Waals surface area (Å²) in [5.41, 5.74) is 0.376. The van der Waals surface area contributed by atoms with E-state index in [4.69, 9.17) is 16.9 Å². The van der Waals surface area contributed by atoms with E-state index in [9.17, 15) is 13.2 Å². The second-order valence-electron chi connectivity index (χ2n) is 3.88. The van der Waals surface area contributed by atoms with Gasteiger partial charge >= 0.3 is 0 Å². The molecule has 7 heteroatoms. The number of carbonyl (C=O) groups excluding carboxylic acids is 1. The molecule has 0 fully saturated rings. The van der Waals surface area contributed by atoms with Gasteiger partial charge in [0, 0.05) is 6.42 Å². The van der Waals surface area contributed by atoms with Crippen LogP contribution in [0.2, 0.25) is 5.02 Å². The van der Waals surface area contributed by atoms with Crippen LogP contribution < -0.4 is 5.32 Å². The monoisotopic (exact) mass is 300 g/mol. The molecule has 5 nitrogen and oxygen atoms in total. The van der Waals surface area contributed by atoms with Gasteiger partial charge in [-0.05, 0) is 18.6 Å². The number of nitrogens with one attached hydrogen (secondary N) is 1. The van der Waals surface area contributed by atoms with Crippen LogP contribution in [0.25, 0.3) is 0 Å². The lowest BCUT2D eigenvalue weighted by molar-refractivity contribution is -0.113. The molecular formula is C12H13ClN2O3S. The number of hydrogen-bond donors (Lipinski definition) is 1. The highest BCUT2D eigenvalue weighted by molar-refractivity contribution is 7.92. The number of amides is 1. The van der Waals surface area contributed by atoms with E-state index in [2.05, 4.69) is 5.32 Å². The summed E-state index contributed by atoms with van der Waals surface area (Å²) >= 11 is 5.84. The van der Waals surface area contributed by atoms with E-state index in [0.717, 1.165) is 0 Å². The van der Waals surface area contributed by atoms with Gasteiger partial charge in [0.2, 0.25) is 5.91 Å². The first kappa shape index (κ1) is 15.5. The van der Waals surface area contributed by atoms with Gasteiger partial charge in [-0.1, -0.05) is 23.7 Å². The molecule has 0 saturated carbocycles. The minimum Gasteiger partial charge on any atom is -0.324 e. The fraction of sp³-hybridized carbons (Fsp3) is 0.333. The Morgan fingerprint density at radius 2 is 2.05 bits per heavy atom. The SMILES string of the molecule is N#CCCCS(=O)(=O)CC(=O)Nc1ccccc1Cl. The lowest BCUT2D eigenvalue weighted by Crippen LogP contribution is -2.24. The average Bonchev–Trinajstić information content (AvgIpc) is 2.31. The molecule has 0 unspecified atom stereocenters. The molecule has 0 aliphatic heterocycles. The Morgan fingerprint density at radius 1 is 1.37 bits per heavy atom. The molecule has 102 valence electrons. The number of anilines is 1. The summed E-state index contributed by atoms with van der Waals surface area (Å²) in [5, 5.41) is 11.1. The second-order valence-corrected chi connectivity index (χ2v) is 6.47. The highest BCUT2D eigenvalue weighted by atomic mass is 35.5. The van der Waals surface area contributed by atoms with Crippen molar-refractivity contribution in [2.75, 3.05) is 16.8 Å². The zero-order chi connectivity index (χ0) is 14.3. The third kappa shape index (κ3) is 5.73. The van der Waals surface area contributed by atoms with E-state index in [1.807, 2.05) is 6.07 Å². The zero-order valence-electron chi connectivity index (χ0n) is 10.1. The normalized spacial score (nSPS) is 10.7. The van der Waals surface area contributed by atoms with Gasteiger partial charge < -0.3 is 5.32 Å². The summed E-state index contributed by atoms with van der Waals surface area (Å²) in [7, 11) is -3.49. The number of hydrogen-bond acceptors (Lipinski definition) is 4. The third-order valence-corrected chi connectivity index (χ3v) is 4.19. The van der Waals surface area contributed by atoms with Gasteiger partial charge in [-0.15, -0.1) is 0 Å². The topological polar surface area (TPSA) is 87.0 Å².